The molecular formula is C46H62N8O6. The van der Waals surface area contributed by atoms with Crippen molar-refractivity contribution in [1.29, 1.82) is 0 Å². The van der Waals surface area contributed by atoms with Crippen molar-refractivity contribution >= 4 is 45.8 Å². The summed E-state index contributed by atoms with van der Waals surface area (Å²) in [6.45, 7) is 26.0. The Balaban J connectivity index is 1.38. The first-order valence-electron chi connectivity index (χ1n) is 20.6. The molecule has 0 fully saturated rings. The number of nitrogens with one attached hydrogen (secondary N) is 4. The van der Waals surface area contributed by atoms with E-state index in [4.69, 9.17) is 29.4 Å². The number of rotatable bonds is 14. The lowest BCUT2D eigenvalue weighted by Crippen LogP contribution is -2.51. The lowest BCUT2D eigenvalue weighted by molar-refractivity contribution is -0.167. The van der Waals surface area contributed by atoms with Crippen molar-refractivity contribution in [2.75, 3.05) is 0 Å². The van der Waals surface area contributed by atoms with Crippen LogP contribution in [0.3, 0.4) is 0 Å². The van der Waals surface area contributed by atoms with Gasteiger partial charge in [-0.1, -0.05) is 81.4 Å². The molecule has 2 aromatic carbocycles. The van der Waals surface area contributed by atoms with Gasteiger partial charge in [0.25, 0.3) is 11.8 Å². The molecule has 3 heterocycles. The fourth-order valence-corrected chi connectivity index (χ4v) is 7.79. The second-order valence-corrected chi connectivity index (χ2v) is 19.4. The maximum Gasteiger partial charge on any atom is 0.303 e. The molecule has 4 atom stereocenters. The fourth-order valence-electron chi connectivity index (χ4n) is 7.79. The van der Waals surface area contributed by atoms with E-state index in [2.05, 4.69) is 20.6 Å². The van der Waals surface area contributed by atoms with Gasteiger partial charge in [-0.25, -0.2) is 9.97 Å². The van der Waals surface area contributed by atoms with E-state index in [0.717, 1.165) is 33.2 Å². The Bertz CT molecular complexity index is 2200. The molecule has 0 saturated carbocycles. The molecule has 60 heavy (non-hydrogen) atoms. The number of nitrogens with zero attached hydrogens (tertiary/aromatic N) is 4. The lowest BCUT2D eigenvalue weighted by Gasteiger charge is -2.35. The van der Waals surface area contributed by atoms with Crippen LogP contribution in [0.1, 0.15) is 134 Å². The van der Waals surface area contributed by atoms with Crippen molar-refractivity contribution in [2.24, 2.45) is 22.7 Å². The highest BCUT2D eigenvalue weighted by molar-refractivity contribution is 5.89. The molecule has 14 nitrogen and oxygen atoms in total. The van der Waals surface area contributed by atoms with Crippen LogP contribution in [0.4, 0.5) is 0 Å². The Morgan fingerprint density at radius 2 is 0.950 bits per heavy atom. The number of aromatic nitrogens is 6. The predicted molar refractivity (Wildman–Crippen MR) is 232 cm³/mol. The number of hydrogen-bond acceptors (Lipinski definition) is 10. The molecule has 0 aliphatic rings. The number of ether oxygens (including phenoxy) is 2. The van der Waals surface area contributed by atoms with Crippen molar-refractivity contribution in [2.45, 2.75) is 133 Å². The monoisotopic (exact) mass is 822 g/mol. The minimum Gasteiger partial charge on any atom is -0.449 e. The first-order valence-corrected chi connectivity index (χ1v) is 20.6. The molecule has 0 saturated heterocycles. The molecule has 14 heteroatoms. The van der Waals surface area contributed by atoms with Gasteiger partial charge < -0.3 is 30.1 Å². The molecule has 4 N–H and O–H groups in total. The highest BCUT2D eigenvalue weighted by Crippen LogP contribution is 2.36. The summed E-state index contributed by atoms with van der Waals surface area (Å²) in [5.74, 6) is -0.389. The summed E-state index contributed by atoms with van der Waals surface area (Å²) in [5.41, 5.74) is 2.42. The average molecular weight is 823 g/mol. The van der Waals surface area contributed by atoms with Crippen LogP contribution in [-0.4, -0.2) is 64.9 Å². The SMILES string of the molecule is CC(=O)OC(C)(CC(C)C)C(=O)N[C@H](c1nc2ccc(-c3cnc(-c4ccc5nc([C@@H](NC(=O)C(C)(CC(C)C)OC(C)=O)C(C)(C)C)[nH]c5c4)cn3)cc2[nH]1)C(C)(C)C. The van der Waals surface area contributed by atoms with Crippen molar-refractivity contribution in [3.63, 3.8) is 0 Å². The standard InChI is InChI=1S/C46H62N8O6/c1-25(2)21-45(13,59-27(5)55)41(57)53-37(43(7,8)9)39-49-31-17-15-29(19-33(31)51-39)35-23-48-36(24-47-35)30-16-18-32-34(20-30)52-40(50-32)38(44(10,11)12)54-42(58)46(14,22-26(3)4)60-28(6)56/h15-20,23-26,37-38H,21-22H2,1-14H3,(H,49,51)(H,50,52)(H,53,57)(H,54,58)/t37-,38-,45?,46?/m1/s1. The van der Waals surface area contributed by atoms with Gasteiger partial charge in [-0.15, -0.1) is 0 Å². The van der Waals surface area contributed by atoms with Crippen molar-refractivity contribution in [3.8, 4) is 22.5 Å². The van der Waals surface area contributed by atoms with E-state index in [1.54, 1.807) is 26.2 Å². The minimum absolute atomic E-state index is 0.117. The maximum atomic E-state index is 13.7. The number of aromatic amines is 2. The number of esters is 2. The van der Waals surface area contributed by atoms with E-state index < -0.39 is 46.1 Å². The van der Waals surface area contributed by atoms with Gasteiger partial charge >= 0.3 is 11.9 Å². The van der Waals surface area contributed by atoms with E-state index in [9.17, 15) is 19.2 Å². The quantitative estimate of drug-likeness (QED) is 0.0787. The zero-order chi connectivity index (χ0) is 44.5. The van der Waals surface area contributed by atoms with Gasteiger partial charge in [0.1, 0.15) is 11.6 Å². The zero-order valence-corrected chi connectivity index (χ0v) is 37.6. The van der Waals surface area contributed by atoms with Crippen LogP contribution in [0.5, 0.6) is 0 Å². The number of fused-ring (bicyclic) bond motifs is 2. The smallest absolute Gasteiger partial charge is 0.303 e. The van der Waals surface area contributed by atoms with Gasteiger partial charge in [-0.05, 0) is 73.6 Å². The number of H-pyrrole nitrogens is 2. The van der Waals surface area contributed by atoms with Crippen LogP contribution >= 0.6 is 0 Å². The van der Waals surface area contributed by atoms with Gasteiger partial charge in [0, 0.05) is 25.0 Å². The van der Waals surface area contributed by atoms with E-state index in [1.165, 1.54) is 13.8 Å². The summed E-state index contributed by atoms with van der Waals surface area (Å²) >= 11 is 0. The molecular weight excluding hydrogens is 761 g/mol. The summed E-state index contributed by atoms with van der Waals surface area (Å²) < 4.78 is 11.1. The second-order valence-electron chi connectivity index (χ2n) is 19.4. The highest BCUT2D eigenvalue weighted by Gasteiger charge is 2.43. The van der Waals surface area contributed by atoms with E-state index >= 15 is 0 Å². The topological polar surface area (TPSA) is 194 Å². The molecule has 0 spiro atoms. The third-order valence-corrected chi connectivity index (χ3v) is 10.4. The predicted octanol–water partition coefficient (Wildman–Crippen LogP) is 8.71. The first-order chi connectivity index (χ1) is 27.8. The number of benzene rings is 2. The molecule has 2 unspecified atom stereocenters. The van der Waals surface area contributed by atoms with Crippen molar-refractivity contribution < 1.29 is 28.7 Å². The molecule has 322 valence electrons. The Morgan fingerprint density at radius 1 is 0.600 bits per heavy atom. The summed E-state index contributed by atoms with van der Waals surface area (Å²) in [5, 5.41) is 6.26. The Morgan fingerprint density at radius 3 is 1.23 bits per heavy atom. The first kappa shape index (κ1) is 45.4. The molecule has 5 aromatic rings. The molecule has 0 aliphatic carbocycles. The lowest BCUT2D eigenvalue weighted by atomic mass is 9.85. The molecule has 3 aromatic heterocycles. The van der Waals surface area contributed by atoms with Crippen LogP contribution < -0.4 is 10.6 Å². The average Bonchev–Trinajstić information content (AvgIpc) is 3.73. The van der Waals surface area contributed by atoms with Crippen LogP contribution in [-0.2, 0) is 28.7 Å². The molecule has 0 radical (unpaired) electrons. The van der Waals surface area contributed by atoms with Gasteiger partial charge in [0.05, 0.1) is 57.9 Å². The minimum atomic E-state index is -1.33. The highest BCUT2D eigenvalue weighted by atomic mass is 16.6. The Labute approximate surface area is 352 Å². The van der Waals surface area contributed by atoms with Gasteiger partial charge in [0.2, 0.25) is 0 Å². The summed E-state index contributed by atoms with van der Waals surface area (Å²) in [4.78, 5) is 77.5. The van der Waals surface area contributed by atoms with Gasteiger partial charge in [-0.2, -0.15) is 0 Å². The second kappa shape index (κ2) is 17.1. The number of carbonyl (C=O) groups is 4. The number of imidazole rings is 2. The largest absolute Gasteiger partial charge is 0.449 e. The fraction of sp³-hybridized carbons (Fsp3) is 0.522. The van der Waals surface area contributed by atoms with Crippen molar-refractivity contribution in [3.05, 3.63) is 60.4 Å². The third-order valence-electron chi connectivity index (χ3n) is 10.4. The number of carbonyl (C=O) groups excluding carboxylic acids is 4. The van der Waals surface area contributed by atoms with E-state index in [0.29, 0.717) is 35.9 Å². The van der Waals surface area contributed by atoms with Crippen LogP contribution in [0, 0.1) is 22.7 Å². The Hall–Kier alpha value is -5.66. The van der Waals surface area contributed by atoms with Crippen LogP contribution in [0.25, 0.3) is 44.6 Å². The molecule has 5 rings (SSSR count). The maximum absolute atomic E-state index is 13.7. The van der Waals surface area contributed by atoms with E-state index in [1.807, 2.05) is 106 Å². The molecule has 2 amide bonds. The van der Waals surface area contributed by atoms with E-state index in [-0.39, 0.29) is 23.7 Å². The summed E-state index contributed by atoms with van der Waals surface area (Å²) in [7, 11) is 0. The Kier molecular flexibility index (Phi) is 13.0. The summed E-state index contributed by atoms with van der Waals surface area (Å²) in [6.07, 6.45) is 4.19. The molecule has 0 bridgehead atoms. The van der Waals surface area contributed by atoms with Crippen LogP contribution in [0.15, 0.2) is 48.8 Å². The number of hydrogen-bond donors (Lipinski definition) is 4. The summed E-state index contributed by atoms with van der Waals surface area (Å²) in [6, 6.07) is 10.6. The van der Waals surface area contributed by atoms with Gasteiger partial charge in [0.15, 0.2) is 11.2 Å². The third kappa shape index (κ3) is 10.6. The zero-order valence-electron chi connectivity index (χ0n) is 37.6. The van der Waals surface area contributed by atoms with Gasteiger partial charge in [-0.3, -0.25) is 29.1 Å². The van der Waals surface area contributed by atoms with Crippen LogP contribution in [0.2, 0.25) is 0 Å². The van der Waals surface area contributed by atoms with Crippen molar-refractivity contribution in [1.82, 2.24) is 40.5 Å². The number of amides is 2. The normalized spacial score (nSPS) is 15.3. The molecule has 0 aliphatic heterocycles.